The van der Waals surface area contributed by atoms with Gasteiger partial charge in [0.2, 0.25) is 5.91 Å². The van der Waals surface area contributed by atoms with Crippen LogP contribution >= 0.6 is 0 Å². The van der Waals surface area contributed by atoms with Gasteiger partial charge in [0.05, 0.1) is 24.1 Å². The van der Waals surface area contributed by atoms with E-state index in [-0.39, 0.29) is 23.5 Å². The van der Waals surface area contributed by atoms with Crippen LogP contribution in [0, 0.1) is 0 Å². The van der Waals surface area contributed by atoms with Crippen LogP contribution in [0.2, 0.25) is 0 Å². The number of hydrogen-bond donors (Lipinski definition) is 1. The van der Waals surface area contributed by atoms with E-state index in [0.29, 0.717) is 19.4 Å². The van der Waals surface area contributed by atoms with Gasteiger partial charge >= 0.3 is 0 Å². The second-order valence-electron chi connectivity index (χ2n) is 5.82. The van der Waals surface area contributed by atoms with Crippen molar-refractivity contribution in [2.24, 2.45) is 0 Å². The largest absolute Gasteiger partial charge is 0.496 e. The van der Waals surface area contributed by atoms with E-state index in [1.54, 1.807) is 7.11 Å². The number of nitrogens with zero attached hydrogens (tertiary/aromatic N) is 1. The maximum Gasteiger partial charge on any atom is 0.222 e. The fraction of sp³-hybridized carbons (Fsp3) is 0.438. The third kappa shape index (κ3) is 3.50. The molecule has 2 aromatic rings. The van der Waals surface area contributed by atoms with Crippen LogP contribution in [0.15, 0.2) is 30.5 Å². The second-order valence-corrected chi connectivity index (χ2v) is 8.05. The molecule has 1 aromatic heterocycles. The van der Waals surface area contributed by atoms with E-state index in [1.165, 1.54) is 0 Å². The molecule has 1 saturated heterocycles. The lowest BCUT2D eigenvalue weighted by Crippen LogP contribution is -2.35. The molecule has 6 nitrogen and oxygen atoms in total. The third-order valence-electron chi connectivity index (χ3n) is 4.17. The zero-order valence-electron chi connectivity index (χ0n) is 13.0. The van der Waals surface area contributed by atoms with Crippen molar-refractivity contribution in [2.45, 2.75) is 25.4 Å². The average molecular weight is 336 g/mol. The Bertz CT molecular complexity index is 826. The van der Waals surface area contributed by atoms with Crippen molar-refractivity contribution in [1.82, 2.24) is 9.88 Å². The van der Waals surface area contributed by atoms with Gasteiger partial charge in [0.25, 0.3) is 0 Å². The summed E-state index contributed by atoms with van der Waals surface area (Å²) in [4.78, 5) is 12.0. The Hall–Kier alpha value is -2.02. The number of nitrogens with one attached hydrogen (secondary N) is 1. The van der Waals surface area contributed by atoms with Crippen LogP contribution in [0.4, 0.5) is 0 Å². The molecular weight excluding hydrogens is 316 g/mol. The lowest BCUT2D eigenvalue weighted by atomic mass is 10.2. The van der Waals surface area contributed by atoms with E-state index >= 15 is 0 Å². The molecule has 0 bridgehead atoms. The Morgan fingerprint density at radius 3 is 2.91 bits per heavy atom. The van der Waals surface area contributed by atoms with Crippen LogP contribution < -0.4 is 10.1 Å². The number of fused-ring (bicyclic) bond motifs is 1. The summed E-state index contributed by atoms with van der Waals surface area (Å²) >= 11 is 0. The minimum atomic E-state index is -2.97. The zero-order valence-corrected chi connectivity index (χ0v) is 13.8. The van der Waals surface area contributed by atoms with Crippen molar-refractivity contribution in [2.75, 3.05) is 18.6 Å². The standard InChI is InChI=1S/C16H20N2O4S/c1-22-15-4-2-3-14-13(15)5-8-18(14)9-6-16(19)17-12-7-10-23(20,21)11-12/h2-5,8,12H,6-7,9-11H2,1H3,(H,17,19)/t12-/m1/s1. The molecule has 1 amide bonds. The van der Waals surface area contributed by atoms with E-state index in [2.05, 4.69) is 5.32 Å². The van der Waals surface area contributed by atoms with Crippen molar-refractivity contribution in [3.63, 3.8) is 0 Å². The van der Waals surface area contributed by atoms with Gasteiger partial charge in [-0.2, -0.15) is 0 Å². The molecular formula is C16H20N2O4S. The molecule has 1 atom stereocenters. The molecule has 0 unspecified atom stereocenters. The van der Waals surface area contributed by atoms with Gasteiger partial charge in [-0.1, -0.05) is 6.07 Å². The molecule has 1 N–H and O–H groups in total. The molecule has 1 aromatic carbocycles. The van der Waals surface area contributed by atoms with Gasteiger partial charge in [-0.3, -0.25) is 4.79 Å². The molecule has 7 heteroatoms. The summed E-state index contributed by atoms with van der Waals surface area (Å²) in [6.07, 6.45) is 2.76. The average Bonchev–Trinajstić information content (AvgIpc) is 3.08. The summed E-state index contributed by atoms with van der Waals surface area (Å²) in [6.45, 7) is 0.544. The number of ether oxygens (including phenoxy) is 1. The van der Waals surface area contributed by atoms with Gasteiger partial charge in [-0.25, -0.2) is 8.42 Å². The fourth-order valence-electron chi connectivity index (χ4n) is 3.00. The predicted molar refractivity (Wildman–Crippen MR) is 88.3 cm³/mol. The van der Waals surface area contributed by atoms with Gasteiger partial charge in [-0.15, -0.1) is 0 Å². The zero-order chi connectivity index (χ0) is 16.4. The molecule has 3 rings (SSSR count). The minimum absolute atomic E-state index is 0.0579. The van der Waals surface area contributed by atoms with Crippen molar-refractivity contribution < 1.29 is 17.9 Å². The first kappa shape index (κ1) is 15.9. The lowest BCUT2D eigenvalue weighted by Gasteiger charge is -2.11. The molecule has 0 spiro atoms. The summed E-state index contributed by atoms with van der Waals surface area (Å²) in [7, 11) is -1.34. The first-order valence-corrected chi connectivity index (χ1v) is 9.42. The van der Waals surface area contributed by atoms with E-state index < -0.39 is 9.84 Å². The number of amides is 1. The first-order valence-electron chi connectivity index (χ1n) is 7.60. The number of methoxy groups -OCH3 is 1. The van der Waals surface area contributed by atoms with Crippen LogP contribution in [-0.4, -0.2) is 43.5 Å². The van der Waals surface area contributed by atoms with Gasteiger partial charge in [0, 0.05) is 30.6 Å². The van der Waals surface area contributed by atoms with Gasteiger partial charge in [0.15, 0.2) is 9.84 Å². The minimum Gasteiger partial charge on any atom is -0.496 e. The monoisotopic (exact) mass is 336 g/mol. The normalized spacial score (nSPS) is 19.8. The summed E-state index contributed by atoms with van der Waals surface area (Å²) in [5.41, 5.74) is 1.01. The van der Waals surface area contributed by atoms with Crippen LogP contribution in [0.5, 0.6) is 5.75 Å². The Morgan fingerprint density at radius 2 is 2.22 bits per heavy atom. The molecule has 1 aliphatic heterocycles. The van der Waals surface area contributed by atoms with Gasteiger partial charge in [-0.05, 0) is 24.6 Å². The van der Waals surface area contributed by atoms with Gasteiger partial charge in [0.1, 0.15) is 5.75 Å². The number of hydrogen-bond acceptors (Lipinski definition) is 4. The highest BCUT2D eigenvalue weighted by atomic mass is 32.2. The van der Waals surface area contributed by atoms with Crippen molar-refractivity contribution in [3.8, 4) is 5.75 Å². The Balaban J connectivity index is 1.61. The Labute approximate surface area is 135 Å². The molecule has 124 valence electrons. The topological polar surface area (TPSA) is 77.4 Å². The van der Waals surface area contributed by atoms with Crippen LogP contribution in [0.1, 0.15) is 12.8 Å². The molecule has 0 aliphatic carbocycles. The van der Waals surface area contributed by atoms with Crippen molar-refractivity contribution in [3.05, 3.63) is 30.5 Å². The highest BCUT2D eigenvalue weighted by molar-refractivity contribution is 7.91. The van der Waals surface area contributed by atoms with E-state index in [0.717, 1.165) is 16.7 Å². The van der Waals surface area contributed by atoms with E-state index in [9.17, 15) is 13.2 Å². The summed E-state index contributed by atoms with van der Waals surface area (Å²) in [5.74, 6) is 0.918. The number of rotatable bonds is 5. The lowest BCUT2D eigenvalue weighted by molar-refractivity contribution is -0.121. The summed E-state index contributed by atoms with van der Waals surface area (Å²) < 4.78 is 30.1. The molecule has 0 radical (unpaired) electrons. The fourth-order valence-corrected chi connectivity index (χ4v) is 4.67. The first-order chi connectivity index (χ1) is 11.0. The highest BCUT2D eigenvalue weighted by Gasteiger charge is 2.28. The number of benzene rings is 1. The number of carbonyl (C=O) groups excluding carboxylic acids is 1. The van der Waals surface area contributed by atoms with E-state index in [4.69, 9.17) is 4.74 Å². The molecule has 0 saturated carbocycles. The van der Waals surface area contributed by atoms with Gasteiger partial charge < -0.3 is 14.6 Å². The quantitative estimate of drug-likeness (QED) is 0.894. The predicted octanol–water partition coefficient (Wildman–Crippen LogP) is 1.34. The molecule has 1 aliphatic rings. The molecule has 1 fully saturated rings. The highest BCUT2D eigenvalue weighted by Crippen LogP contribution is 2.26. The molecule has 2 heterocycles. The number of carbonyl (C=O) groups is 1. The van der Waals surface area contributed by atoms with Crippen LogP contribution in [-0.2, 0) is 21.2 Å². The Morgan fingerprint density at radius 1 is 1.39 bits per heavy atom. The van der Waals surface area contributed by atoms with Crippen molar-refractivity contribution >= 4 is 26.6 Å². The van der Waals surface area contributed by atoms with Crippen molar-refractivity contribution in [1.29, 1.82) is 0 Å². The smallest absolute Gasteiger partial charge is 0.222 e. The van der Waals surface area contributed by atoms with Crippen LogP contribution in [0.3, 0.4) is 0 Å². The number of sulfone groups is 1. The van der Waals surface area contributed by atoms with Crippen LogP contribution in [0.25, 0.3) is 10.9 Å². The number of aromatic nitrogens is 1. The third-order valence-corrected chi connectivity index (χ3v) is 5.94. The summed E-state index contributed by atoms with van der Waals surface area (Å²) in [6, 6.07) is 7.53. The van der Waals surface area contributed by atoms with E-state index in [1.807, 2.05) is 35.0 Å². The maximum atomic E-state index is 12.0. The molecule has 23 heavy (non-hydrogen) atoms. The second kappa shape index (κ2) is 6.23. The SMILES string of the molecule is COc1cccc2c1ccn2CCC(=O)N[C@@H]1CCS(=O)(=O)C1. The maximum absolute atomic E-state index is 12.0. The summed E-state index contributed by atoms with van der Waals surface area (Å²) in [5, 5.41) is 3.82. The number of aryl methyl sites for hydroxylation is 1. The Kier molecular flexibility index (Phi) is 4.30.